The standard InChI is InChI=1S/C24H23N5O3/c1-31-20-11-10-18(13-21(20)32-2)14-22(30)29-24(26-15-17-7-4-3-5-8-17)27-23(28-29)19-9-6-12-25-16-19/h3-13,16H,14-15H2,1-2H3,(H,26,27,28). The molecule has 0 spiro atoms. The molecule has 32 heavy (non-hydrogen) atoms. The molecular weight excluding hydrogens is 406 g/mol. The summed E-state index contributed by atoms with van der Waals surface area (Å²) in [5.74, 6) is 1.74. The van der Waals surface area contributed by atoms with Crippen molar-refractivity contribution in [3.8, 4) is 22.9 Å². The Morgan fingerprint density at radius 1 is 0.969 bits per heavy atom. The number of nitrogens with zero attached hydrogens (tertiary/aromatic N) is 4. The van der Waals surface area contributed by atoms with Gasteiger partial charge in [0.2, 0.25) is 5.95 Å². The van der Waals surface area contributed by atoms with E-state index in [-0.39, 0.29) is 12.3 Å². The first-order chi connectivity index (χ1) is 15.7. The van der Waals surface area contributed by atoms with Gasteiger partial charge in [0.1, 0.15) is 0 Å². The molecule has 2 aromatic carbocycles. The Morgan fingerprint density at radius 2 is 1.78 bits per heavy atom. The lowest BCUT2D eigenvalue weighted by Crippen LogP contribution is -2.18. The molecule has 0 radical (unpaired) electrons. The average molecular weight is 429 g/mol. The highest BCUT2D eigenvalue weighted by atomic mass is 16.5. The van der Waals surface area contributed by atoms with Crippen LogP contribution in [0.1, 0.15) is 15.9 Å². The van der Waals surface area contributed by atoms with Gasteiger partial charge in [-0.15, -0.1) is 5.10 Å². The van der Waals surface area contributed by atoms with Crippen molar-refractivity contribution in [2.24, 2.45) is 0 Å². The Balaban J connectivity index is 1.62. The zero-order chi connectivity index (χ0) is 22.3. The van der Waals surface area contributed by atoms with Gasteiger partial charge in [-0.2, -0.15) is 9.67 Å². The summed E-state index contributed by atoms with van der Waals surface area (Å²) < 4.78 is 11.9. The summed E-state index contributed by atoms with van der Waals surface area (Å²) in [7, 11) is 3.13. The third-order valence-electron chi connectivity index (χ3n) is 4.86. The largest absolute Gasteiger partial charge is 0.493 e. The average Bonchev–Trinajstić information content (AvgIpc) is 3.28. The number of rotatable bonds is 8. The van der Waals surface area contributed by atoms with Gasteiger partial charge in [-0.1, -0.05) is 36.4 Å². The molecular formula is C24H23N5O3. The van der Waals surface area contributed by atoms with E-state index in [0.29, 0.717) is 29.8 Å². The number of nitrogens with one attached hydrogen (secondary N) is 1. The first-order valence-electron chi connectivity index (χ1n) is 10.1. The number of hydrogen-bond acceptors (Lipinski definition) is 7. The molecule has 1 N–H and O–H groups in total. The van der Waals surface area contributed by atoms with Crippen molar-refractivity contribution in [2.75, 3.05) is 19.5 Å². The Morgan fingerprint density at radius 3 is 2.50 bits per heavy atom. The normalized spacial score (nSPS) is 10.6. The predicted octanol–water partition coefficient (Wildman–Crippen LogP) is 3.85. The van der Waals surface area contributed by atoms with Crippen molar-refractivity contribution in [1.29, 1.82) is 0 Å². The van der Waals surface area contributed by atoms with E-state index in [1.54, 1.807) is 44.8 Å². The van der Waals surface area contributed by atoms with Gasteiger partial charge in [0, 0.05) is 24.5 Å². The fourth-order valence-electron chi connectivity index (χ4n) is 3.23. The first kappa shape index (κ1) is 21.0. The van der Waals surface area contributed by atoms with Crippen LogP contribution < -0.4 is 14.8 Å². The number of aromatic nitrogens is 4. The summed E-state index contributed by atoms with van der Waals surface area (Å²) in [6, 6.07) is 18.9. The highest BCUT2D eigenvalue weighted by Gasteiger charge is 2.18. The molecule has 0 atom stereocenters. The van der Waals surface area contributed by atoms with Crippen LogP contribution in [0.25, 0.3) is 11.4 Å². The van der Waals surface area contributed by atoms with Crippen LogP contribution in [0.2, 0.25) is 0 Å². The molecule has 0 bridgehead atoms. The molecule has 0 amide bonds. The zero-order valence-corrected chi connectivity index (χ0v) is 17.9. The monoisotopic (exact) mass is 429 g/mol. The molecule has 8 nitrogen and oxygen atoms in total. The highest BCUT2D eigenvalue weighted by molar-refractivity contribution is 5.83. The van der Waals surface area contributed by atoms with Crippen LogP contribution in [-0.2, 0) is 13.0 Å². The van der Waals surface area contributed by atoms with Crippen LogP contribution in [0.3, 0.4) is 0 Å². The van der Waals surface area contributed by atoms with E-state index in [1.165, 1.54) is 4.68 Å². The molecule has 162 valence electrons. The fraction of sp³-hybridized carbons (Fsp3) is 0.167. The molecule has 2 heterocycles. The topological polar surface area (TPSA) is 91.2 Å². The molecule has 0 aliphatic rings. The number of carbonyl (C=O) groups is 1. The quantitative estimate of drug-likeness (QED) is 0.455. The molecule has 2 aromatic heterocycles. The minimum absolute atomic E-state index is 0.121. The second-order valence-electron chi connectivity index (χ2n) is 7.01. The van der Waals surface area contributed by atoms with Crippen LogP contribution in [0.15, 0.2) is 73.1 Å². The third-order valence-corrected chi connectivity index (χ3v) is 4.86. The van der Waals surface area contributed by atoms with E-state index in [4.69, 9.17) is 9.47 Å². The summed E-state index contributed by atoms with van der Waals surface area (Å²) in [6.45, 7) is 0.510. The highest BCUT2D eigenvalue weighted by Crippen LogP contribution is 2.28. The lowest BCUT2D eigenvalue weighted by Gasteiger charge is -2.10. The molecule has 8 heteroatoms. The van der Waals surface area contributed by atoms with Gasteiger partial charge < -0.3 is 14.8 Å². The maximum atomic E-state index is 13.2. The van der Waals surface area contributed by atoms with Crippen molar-refractivity contribution in [2.45, 2.75) is 13.0 Å². The van der Waals surface area contributed by atoms with Crippen molar-refractivity contribution >= 4 is 11.9 Å². The van der Waals surface area contributed by atoms with Gasteiger partial charge in [0.25, 0.3) is 5.91 Å². The number of methoxy groups -OCH3 is 2. The van der Waals surface area contributed by atoms with Gasteiger partial charge in [-0.3, -0.25) is 9.78 Å². The molecule has 0 fully saturated rings. The second kappa shape index (κ2) is 9.74. The van der Waals surface area contributed by atoms with E-state index in [0.717, 1.165) is 16.7 Å². The molecule has 0 unspecified atom stereocenters. The van der Waals surface area contributed by atoms with Crippen LogP contribution in [0, 0.1) is 0 Å². The summed E-state index contributed by atoms with van der Waals surface area (Å²) in [6.07, 6.45) is 3.47. The van der Waals surface area contributed by atoms with E-state index >= 15 is 0 Å². The molecule has 0 saturated heterocycles. The fourth-order valence-corrected chi connectivity index (χ4v) is 3.23. The minimum atomic E-state index is -0.226. The van der Waals surface area contributed by atoms with Gasteiger partial charge in [0.15, 0.2) is 17.3 Å². The number of ether oxygens (including phenoxy) is 2. The van der Waals surface area contributed by atoms with Crippen LogP contribution in [0.4, 0.5) is 5.95 Å². The van der Waals surface area contributed by atoms with Crippen LogP contribution >= 0.6 is 0 Å². The van der Waals surface area contributed by atoms with Crippen molar-refractivity contribution in [3.63, 3.8) is 0 Å². The summed E-state index contributed by atoms with van der Waals surface area (Å²) in [5.41, 5.74) is 2.57. The first-order valence-corrected chi connectivity index (χ1v) is 10.1. The SMILES string of the molecule is COc1ccc(CC(=O)n2nc(-c3cccnc3)nc2NCc2ccccc2)cc1OC. The number of carbonyl (C=O) groups excluding carboxylic acids is 1. The van der Waals surface area contributed by atoms with Gasteiger partial charge >= 0.3 is 0 Å². The zero-order valence-electron chi connectivity index (χ0n) is 17.9. The molecule has 0 saturated carbocycles. The van der Waals surface area contributed by atoms with Crippen LogP contribution in [0.5, 0.6) is 11.5 Å². The van der Waals surface area contributed by atoms with E-state index in [2.05, 4.69) is 20.4 Å². The van der Waals surface area contributed by atoms with E-state index < -0.39 is 0 Å². The van der Waals surface area contributed by atoms with Crippen molar-refractivity contribution in [1.82, 2.24) is 19.7 Å². The smallest absolute Gasteiger partial charge is 0.254 e. The van der Waals surface area contributed by atoms with Crippen molar-refractivity contribution < 1.29 is 14.3 Å². The van der Waals surface area contributed by atoms with Gasteiger partial charge in [-0.25, -0.2) is 0 Å². The Kier molecular flexibility index (Phi) is 6.41. The third kappa shape index (κ3) is 4.75. The Bertz CT molecular complexity index is 1190. The van der Waals surface area contributed by atoms with Gasteiger partial charge in [-0.05, 0) is 35.4 Å². The summed E-state index contributed by atoms with van der Waals surface area (Å²) >= 11 is 0. The lowest BCUT2D eigenvalue weighted by atomic mass is 10.1. The number of anilines is 1. The molecule has 4 rings (SSSR count). The number of hydrogen-bond donors (Lipinski definition) is 1. The molecule has 0 aliphatic heterocycles. The summed E-state index contributed by atoms with van der Waals surface area (Å²) in [5, 5.41) is 7.69. The minimum Gasteiger partial charge on any atom is -0.493 e. The number of pyridine rings is 1. The van der Waals surface area contributed by atoms with Crippen LogP contribution in [-0.4, -0.2) is 39.9 Å². The van der Waals surface area contributed by atoms with E-state index in [9.17, 15) is 4.79 Å². The van der Waals surface area contributed by atoms with E-state index in [1.807, 2.05) is 42.5 Å². The second-order valence-corrected chi connectivity index (χ2v) is 7.01. The maximum Gasteiger partial charge on any atom is 0.254 e. The Hall–Kier alpha value is -4.20. The maximum absolute atomic E-state index is 13.2. The molecule has 4 aromatic rings. The predicted molar refractivity (Wildman–Crippen MR) is 121 cm³/mol. The lowest BCUT2D eigenvalue weighted by molar-refractivity contribution is 0.0901. The summed E-state index contributed by atoms with van der Waals surface area (Å²) in [4.78, 5) is 21.9. The van der Waals surface area contributed by atoms with Gasteiger partial charge in [0.05, 0.1) is 20.6 Å². The molecule has 0 aliphatic carbocycles. The number of benzene rings is 2. The Labute approximate surface area is 185 Å². The van der Waals surface area contributed by atoms with Crippen molar-refractivity contribution in [3.05, 3.63) is 84.2 Å².